The number of aromatic carboxylic acids is 1. The minimum atomic E-state index is -1.10. The molecule has 0 aliphatic rings. The van der Waals surface area contributed by atoms with Gasteiger partial charge in [0.25, 0.3) is 5.91 Å². The fourth-order valence-corrected chi connectivity index (χ4v) is 1.69. The minimum Gasteiger partial charge on any atom is -0.482 e. The van der Waals surface area contributed by atoms with Crippen LogP contribution >= 0.6 is 0 Å². The predicted molar refractivity (Wildman–Crippen MR) is 78.3 cm³/mol. The number of nitrogens with one attached hydrogen (secondary N) is 1. The Labute approximate surface area is 125 Å². The molecule has 0 spiro atoms. The van der Waals surface area contributed by atoms with Crippen molar-refractivity contribution in [3.8, 4) is 5.75 Å². The summed E-state index contributed by atoms with van der Waals surface area (Å²) in [5.41, 5.74) is 6.24. The van der Waals surface area contributed by atoms with E-state index in [0.29, 0.717) is 5.69 Å². The maximum Gasteiger partial charge on any atom is 0.335 e. The molecule has 0 fully saturated rings. The third-order valence-corrected chi connectivity index (χ3v) is 2.74. The van der Waals surface area contributed by atoms with E-state index in [9.17, 15) is 14.0 Å². The zero-order valence-electron chi connectivity index (χ0n) is 11.4. The lowest BCUT2D eigenvalue weighted by Crippen LogP contribution is -2.20. The van der Waals surface area contributed by atoms with E-state index in [4.69, 9.17) is 15.6 Å². The average Bonchev–Trinajstić information content (AvgIpc) is 2.48. The van der Waals surface area contributed by atoms with Crippen molar-refractivity contribution in [2.24, 2.45) is 0 Å². The van der Waals surface area contributed by atoms with E-state index in [-0.39, 0.29) is 23.6 Å². The Hall–Kier alpha value is -3.09. The van der Waals surface area contributed by atoms with Gasteiger partial charge in [0.2, 0.25) is 0 Å². The number of anilines is 2. The van der Waals surface area contributed by atoms with Gasteiger partial charge in [0.15, 0.2) is 6.61 Å². The number of carbonyl (C=O) groups excluding carboxylic acids is 1. The van der Waals surface area contributed by atoms with Crippen LogP contribution in [0, 0.1) is 5.82 Å². The SMILES string of the molecule is Nc1cc(C(=O)O)ccc1OCC(=O)Nc1ccc(F)cc1. The zero-order valence-corrected chi connectivity index (χ0v) is 11.4. The molecular formula is C15H13FN2O4. The quantitative estimate of drug-likeness (QED) is 0.734. The van der Waals surface area contributed by atoms with Crippen LogP contribution in [0.1, 0.15) is 10.4 Å². The molecule has 4 N–H and O–H groups in total. The molecule has 2 aromatic carbocycles. The van der Waals surface area contributed by atoms with Crippen molar-refractivity contribution in [3.63, 3.8) is 0 Å². The molecule has 114 valence electrons. The number of hydrogen-bond donors (Lipinski definition) is 3. The van der Waals surface area contributed by atoms with Crippen LogP contribution in [0.15, 0.2) is 42.5 Å². The number of amides is 1. The number of nitrogen functional groups attached to an aromatic ring is 1. The van der Waals surface area contributed by atoms with Crippen molar-refractivity contribution >= 4 is 23.3 Å². The van der Waals surface area contributed by atoms with Gasteiger partial charge in [-0.1, -0.05) is 0 Å². The number of halogens is 1. The number of rotatable bonds is 5. The molecule has 0 atom stereocenters. The second-order valence-electron chi connectivity index (χ2n) is 4.40. The highest BCUT2D eigenvalue weighted by atomic mass is 19.1. The highest BCUT2D eigenvalue weighted by Crippen LogP contribution is 2.22. The summed E-state index contributed by atoms with van der Waals surface area (Å²) in [5.74, 6) is -1.75. The highest BCUT2D eigenvalue weighted by molar-refractivity contribution is 5.92. The van der Waals surface area contributed by atoms with Gasteiger partial charge in [-0.2, -0.15) is 0 Å². The second kappa shape index (κ2) is 6.57. The maximum atomic E-state index is 12.7. The average molecular weight is 304 g/mol. The summed E-state index contributed by atoms with van der Waals surface area (Å²) in [6, 6.07) is 9.23. The third kappa shape index (κ3) is 3.95. The summed E-state index contributed by atoms with van der Waals surface area (Å²) in [4.78, 5) is 22.5. The largest absolute Gasteiger partial charge is 0.482 e. The van der Waals surface area contributed by atoms with Gasteiger partial charge in [-0.05, 0) is 42.5 Å². The fraction of sp³-hybridized carbons (Fsp3) is 0.0667. The Morgan fingerprint density at radius 3 is 2.45 bits per heavy atom. The molecule has 7 heteroatoms. The molecule has 0 radical (unpaired) electrons. The number of hydrogen-bond acceptors (Lipinski definition) is 4. The second-order valence-corrected chi connectivity index (χ2v) is 4.40. The van der Waals surface area contributed by atoms with E-state index in [1.807, 2.05) is 0 Å². The van der Waals surface area contributed by atoms with Crippen LogP contribution in [0.5, 0.6) is 5.75 Å². The minimum absolute atomic E-state index is 0.0283. The van der Waals surface area contributed by atoms with Crippen LogP contribution in [0.2, 0.25) is 0 Å². The lowest BCUT2D eigenvalue weighted by molar-refractivity contribution is -0.118. The van der Waals surface area contributed by atoms with Crippen molar-refractivity contribution in [3.05, 3.63) is 53.8 Å². The third-order valence-electron chi connectivity index (χ3n) is 2.74. The van der Waals surface area contributed by atoms with E-state index in [1.54, 1.807) is 0 Å². The lowest BCUT2D eigenvalue weighted by Gasteiger charge is -2.10. The summed E-state index contributed by atoms with van der Waals surface area (Å²) in [7, 11) is 0. The van der Waals surface area contributed by atoms with Gasteiger partial charge >= 0.3 is 5.97 Å². The predicted octanol–water partition coefficient (Wildman–Crippen LogP) is 2.12. The van der Waals surface area contributed by atoms with E-state index in [1.165, 1.54) is 42.5 Å². The van der Waals surface area contributed by atoms with Gasteiger partial charge < -0.3 is 20.9 Å². The summed E-state index contributed by atoms with van der Waals surface area (Å²) in [6.45, 7) is -0.312. The topological polar surface area (TPSA) is 102 Å². The van der Waals surface area contributed by atoms with E-state index in [0.717, 1.165) is 0 Å². The number of carboxylic acids is 1. The van der Waals surface area contributed by atoms with Crippen LogP contribution in [0.25, 0.3) is 0 Å². The maximum absolute atomic E-state index is 12.7. The van der Waals surface area contributed by atoms with Crippen LogP contribution in [0.4, 0.5) is 15.8 Å². The van der Waals surface area contributed by atoms with Gasteiger partial charge in [0.05, 0.1) is 11.3 Å². The Kier molecular flexibility index (Phi) is 4.57. The van der Waals surface area contributed by atoms with E-state index in [2.05, 4.69) is 5.32 Å². The molecule has 2 rings (SSSR count). The van der Waals surface area contributed by atoms with Crippen molar-refractivity contribution in [1.29, 1.82) is 0 Å². The van der Waals surface area contributed by atoms with Gasteiger partial charge in [0, 0.05) is 5.69 Å². The summed E-state index contributed by atoms with van der Waals surface area (Å²) in [5, 5.41) is 11.3. The van der Waals surface area contributed by atoms with Crippen LogP contribution < -0.4 is 15.8 Å². The number of benzene rings is 2. The Balaban J connectivity index is 1.93. The number of carbonyl (C=O) groups is 2. The molecule has 0 saturated heterocycles. The molecule has 2 aromatic rings. The van der Waals surface area contributed by atoms with Gasteiger partial charge in [-0.15, -0.1) is 0 Å². The van der Waals surface area contributed by atoms with Crippen LogP contribution in [0.3, 0.4) is 0 Å². The molecule has 22 heavy (non-hydrogen) atoms. The zero-order chi connectivity index (χ0) is 16.1. The molecule has 0 saturated carbocycles. The number of ether oxygens (including phenoxy) is 1. The smallest absolute Gasteiger partial charge is 0.335 e. The molecule has 6 nitrogen and oxygen atoms in total. The Bertz CT molecular complexity index is 701. The number of carboxylic acid groups (broad SMARTS) is 1. The van der Waals surface area contributed by atoms with Crippen molar-refractivity contribution < 1.29 is 23.8 Å². The highest BCUT2D eigenvalue weighted by Gasteiger charge is 2.09. The Morgan fingerprint density at radius 2 is 1.86 bits per heavy atom. The normalized spacial score (nSPS) is 10.0. The summed E-state index contributed by atoms with van der Waals surface area (Å²) in [6.07, 6.45) is 0. The molecule has 0 unspecified atom stereocenters. The first-order valence-corrected chi connectivity index (χ1v) is 6.27. The summed E-state index contributed by atoms with van der Waals surface area (Å²) >= 11 is 0. The summed E-state index contributed by atoms with van der Waals surface area (Å²) < 4.78 is 18.0. The molecule has 0 aliphatic heterocycles. The number of nitrogens with two attached hydrogens (primary N) is 1. The molecule has 1 amide bonds. The molecule has 0 aromatic heterocycles. The first kappa shape index (κ1) is 15.3. The van der Waals surface area contributed by atoms with E-state index >= 15 is 0 Å². The van der Waals surface area contributed by atoms with E-state index < -0.39 is 17.7 Å². The molecule has 0 heterocycles. The van der Waals surface area contributed by atoms with Crippen molar-refractivity contribution in [1.82, 2.24) is 0 Å². The van der Waals surface area contributed by atoms with Crippen LogP contribution in [-0.4, -0.2) is 23.6 Å². The standard InChI is InChI=1S/C15H13FN2O4/c16-10-2-4-11(5-3-10)18-14(19)8-22-13-6-1-9(15(20)21)7-12(13)17/h1-7H,8,17H2,(H,18,19)(H,20,21). The molecular weight excluding hydrogens is 291 g/mol. The van der Waals surface area contributed by atoms with Gasteiger partial charge in [-0.25, -0.2) is 9.18 Å². The monoisotopic (exact) mass is 304 g/mol. The molecule has 0 bridgehead atoms. The van der Waals surface area contributed by atoms with Gasteiger partial charge in [0.1, 0.15) is 11.6 Å². The first-order chi connectivity index (χ1) is 10.5. The van der Waals surface area contributed by atoms with Crippen molar-refractivity contribution in [2.45, 2.75) is 0 Å². The fourth-order valence-electron chi connectivity index (χ4n) is 1.69. The van der Waals surface area contributed by atoms with Crippen LogP contribution in [-0.2, 0) is 4.79 Å². The van der Waals surface area contributed by atoms with Crippen molar-refractivity contribution in [2.75, 3.05) is 17.7 Å². The van der Waals surface area contributed by atoms with Gasteiger partial charge in [-0.3, -0.25) is 4.79 Å². The molecule has 0 aliphatic carbocycles. The Morgan fingerprint density at radius 1 is 1.18 bits per heavy atom. The first-order valence-electron chi connectivity index (χ1n) is 6.27. The lowest BCUT2D eigenvalue weighted by atomic mass is 10.2.